The molecule has 1 unspecified atom stereocenters. The number of fused-ring (bicyclic) bond motifs is 1. The molecule has 0 aromatic carbocycles. The van der Waals surface area contributed by atoms with Gasteiger partial charge in [-0.05, 0) is 25.2 Å². The first kappa shape index (κ1) is 21.1. The number of nitrogens with zero attached hydrogens (tertiary/aromatic N) is 7. The Kier molecular flexibility index (Phi) is 5.84. The Bertz CT molecular complexity index is 1050. The Morgan fingerprint density at radius 3 is 2.74 bits per heavy atom. The first-order valence-corrected chi connectivity index (χ1v) is 10.3. The van der Waals surface area contributed by atoms with Crippen LogP contribution in [0.5, 0.6) is 0 Å². The molecule has 4 heterocycles. The average Bonchev–Trinajstić information content (AvgIpc) is 3.21. The van der Waals surface area contributed by atoms with Gasteiger partial charge in [-0.25, -0.2) is 9.97 Å². The fraction of sp³-hybridized carbons (Fsp3) is 0.476. The third kappa shape index (κ3) is 4.49. The number of amides is 1. The number of aromatic nitrogens is 5. The highest BCUT2D eigenvalue weighted by Gasteiger charge is 2.30. The number of likely N-dealkylation sites (N-methyl/N-ethyl adjacent to an activating group) is 1. The van der Waals surface area contributed by atoms with Gasteiger partial charge >= 0.3 is 0 Å². The molecule has 3 aromatic rings. The van der Waals surface area contributed by atoms with Gasteiger partial charge in [0.15, 0.2) is 11.5 Å². The number of hydrogen-bond donors (Lipinski definition) is 2. The van der Waals surface area contributed by atoms with Gasteiger partial charge in [-0.3, -0.25) is 14.1 Å². The SMILES string of the molecule is CN1CCN(c2ncccn2)CC1c1nnc2ccc(C(=O)NCC(C)(C)CO)cn12. The number of hydrogen-bond acceptors (Lipinski definition) is 8. The largest absolute Gasteiger partial charge is 0.396 e. The summed E-state index contributed by atoms with van der Waals surface area (Å²) in [5.74, 6) is 1.27. The first-order chi connectivity index (χ1) is 14.9. The van der Waals surface area contributed by atoms with Gasteiger partial charge in [-0.1, -0.05) is 13.8 Å². The highest BCUT2D eigenvalue weighted by atomic mass is 16.3. The molecule has 10 heteroatoms. The van der Waals surface area contributed by atoms with Crippen LogP contribution in [-0.2, 0) is 0 Å². The Balaban J connectivity index is 1.59. The van der Waals surface area contributed by atoms with Crippen LogP contribution in [0, 0.1) is 5.41 Å². The van der Waals surface area contributed by atoms with Crippen LogP contribution in [0.4, 0.5) is 5.95 Å². The number of piperazine rings is 1. The number of aliphatic hydroxyl groups is 1. The second kappa shape index (κ2) is 8.56. The van der Waals surface area contributed by atoms with E-state index in [9.17, 15) is 9.90 Å². The van der Waals surface area contributed by atoms with E-state index in [2.05, 4.69) is 42.3 Å². The summed E-state index contributed by atoms with van der Waals surface area (Å²) in [4.78, 5) is 25.8. The number of rotatable bonds is 6. The van der Waals surface area contributed by atoms with Gasteiger partial charge in [0.1, 0.15) is 0 Å². The molecule has 164 valence electrons. The van der Waals surface area contributed by atoms with Crippen LogP contribution in [-0.4, -0.2) is 80.3 Å². The van der Waals surface area contributed by atoms with Gasteiger partial charge in [-0.15, -0.1) is 10.2 Å². The minimum Gasteiger partial charge on any atom is -0.396 e. The zero-order valence-electron chi connectivity index (χ0n) is 18.1. The van der Waals surface area contributed by atoms with Crippen molar-refractivity contribution in [3.63, 3.8) is 0 Å². The van der Waals surface area contributed by atoms with Gasteiger partial charge in [-0.2, -0.15) is 0 Å². The van der Waals surface area contributed by atoms with Crippen LogP contribution < -0.4 is 10.2 Å². The molecule has 1 fully saturated rings. The molecular formula is C21H28N8O2. The Hall–Kier alpha value is -3.11. The van der Waals surface area contributed by atoms with E-state index in [1.807, 2.05) is 18.2 Å². The summed E-state index contributed by atoms with van der Waals surface area (Å²) in [6, 6.07) is 5.31. The molecular weight excluding hydrogens is 396 g/mol. The van der Waals surface area contributed by atoms with E-state index in [0.29, 0.717) is 30.2 Å². The molecule has 1 amide bonds. The van der Waals surface area contributed by atoms with Crippen LogP contribution in [0.3, 0.4) is 0 Å². The number of carbonyl (C=O) groups excluding carboxylic acids is 1. The van der Waals surface area contributed by atoms with E-state index >= 15 is 0 Å². The molecule has 1 aliphatic rings. The molecule has 0 bridgehead atoms. The normalized spacial score (nSPS) is 17.8. The first-order valence-electron chi connectivity index (χ1n) is 10.3. The highest BCUT2D eigenvalue weighted by Crippen LogP contribution is 2.25. The minimum atomic E-state index is -0.380. The van der Waals surface area contributed by atoms with Gasteiger partial charge in [0, 0.05) is 56.8 Å². The monoisotopic (exact) mass is 424 g/mol. The fourth-order valence-corrected chi connectivity index (χ4v) is 3.54. The molecule has 2 N–H and O–H groups in total. The number of aliphatic hydroxyl groups excluding tert-OH is 1. The molecule has 1 atom stereocenters. The van der Waals surface area contributed by atoms with Crippen molar-refractivity contribution in [2.45, 2.75) is 19.9 Å². The van der Waals surface area contributed by atoms with Crippen LogP contribution in [0.25, 0.3) is 5.65 Å². The summed E-state index contributed by atoms with van der Waals surface area (Å²) in [6.07, 6.45) is 5.26. The second-order valence-corrected chi connectivity index (χ2v) is 8.70. The summed E-state index contributed by atoms with van der Waals surface area (Å²) in [7, 11) is 2.06. The van der Waals surface area contributed by atoms with Gasteiger partial charge in [0.2, 0.25) is 5.95 Å². The lowest BCUT2D eigenvalue weighted by atomic mass is 9.95. The van der Waals surface area contributed by atoms with Crippen molar-refractivity contribution in [2.75, 3.05) is 44.7 Å². The van der Waals surface area contributed by atoms with Gasteiger partial charge in [0.05, 0.1) is 11.6 Å². The van der Waals surface area contributed by atoms with Crippen LogP contribution >= 0.6 is 0 Å². The molecule has 3 aromatic heterocycles. The van der Waals surface area contributed by atoms with E-state index in [1.54, 1.807) is 36.8 Å². The zero-order valence-corrected chi connectivity index (χ0v) is 18.1. The fourth-order valence-electron chi connectivity index (χ4n) is 3.54. The maximum Gasteiger partial charge on any atom is 0.252 e. The summed E-state index contributed by atoms with van der Waals surface area (Å²) in [5, 5.41) is 21.0. The maximum atomic E-state index is 12.7. The third-order valence-electron chi connectivity index (χ3n) is 5.63. The molecule has 0 spiro atoms. The van der Waals surface area contributed by atoms with Crippen LogP contribution in [0.1, 0.15) is 36.1 Å². The molecule has 0 saturated carbocycles. The summed E-state index contributed by atoms with van der Waals surface area (Å²) in [6.45, 7) is 6.49. The minimum absolute atomic E-state index is 0.00243. The standard InChI is InChI=1S/C21H28N8O2/c1-21(2,14-30)13-24-19(31)15-5-6-17-25-26-18(29(17)11-15)16-12-28(10-9-27(16)3)20-22-7-4-8-23-20/h4-8,11,16,30H,9-10,12-14H2,1-3H3,(H,24,31). The smallest absolute Gasteiger partial charge is 0.252 e. The molecule has 31 heavy (non-hydrogen) atoms. The Labute approximate surface area is 180 Å². The molecule has 0 radical (unpaired) electrons. The Morgan fingerprint density at radius 2 is 2.00 bits per heavy atom. The second-order valence-electron chi connectivity index (χ2n) is 8.70. The number of pyridine rings is 1. The van der Waals surface area contributed by atoms with Crippen molar-refractivity contribution >= 4 is 17.5 Å². The van der Waals surface area contributed by atoms with Crippen LogP contribution in [0.15, 0.2) is 36.8 Å². The van der Waals surface area contributed by atoms with E-state index in [0.717, 1.165) is 18.9 Å². The molecule has 4 rings (SSSR count). The maximum absolute atomic E-state index is 12.7. The van der Waals surface area contributed by atoms with Crippen molar-refractivity contribution in [1.29, 1.82) is 0 Å². The van der Waals surface area contributed by atoms with E-state index in [4.69, 9.17) is 0 Å². The Morgan fingerprint density at radius 1 is 1.23 bits per heavy atom. The average molecular weight is 425 g/mol. The lowest BCUT2D eigenvalue weighted by molar-refractivity contribution is 0.0910. The van der Waals surface area contributed by atoms with Crippen molar-refractivity contribution in [3.8, 4) is 0 Å². The lowest BCUT2D eigenvalue weighted by Crippen LogP contribution is -2.48. The number of carbonyl (C=O) groups is 1. The van der Waals surface area contributed by atoms with Gasteiger partial charge in [0.25, 0.3) is 5.91 Å². The van der Waals surface area contributed by atoms with E-state index in [-0.39, 0.29) is 24.0 Å². The van der Waals surface area contributed by atoms with Crippen molar-refractivity contribution in [1.82, 2.24) is 34.8 Å². The molecule has 0 aliphatic carbocycles. The molecule has 10 nitrogen and oxygen atoms in total. The van der Waals surface area contributed by atoms with Crippen molar-refractivity contribution in [3.05, 3.63) is 48.2 Å². The number of nitrogens with one attached hydrogen (secondary N) is 1. The quantitative estimate of drug-likeness (QED) is 0.597. The summed E-state index contributed by atoms with van der Waals surface area (Å²) in [5.41, 5.74) is 0.822. The molecule has 1 aliphatic heterocycles. The van der Waals surface area contributed by atoms with E-state index in [1.165, 1.54) is 0 Å². The van der Waals surface area contributed by atoms with Crippen LogP contribution in [0.2, 0.25) is 0 Å². The summed E-state index contributed by atoms with van der Waals surface area (Å²) >= 11 is 0. The van der Waals surface area contributed by atoms with Crippen molar-refractivity contribution < 1.29 is 9.90 Å². The summed E-state index contributed by atoms with van der Waals surface area (Å²) < 4.78 is 1.88. The topological polar surface area (TPSA) is 112 Å². The third-order valence-corrected chi connectivity index (χ3v) is 5.63. The van der Waals surface area contributed by atoms with E-state index < -0.39 is 0 Å². The van der Waals surface area contributed by atoms with Gasteiger partial charge < -0.3 is 15.3 Å². The van der Waals surface area contributed by atoms with Crippen molar-refractivity contribution in [2.24, 2.45) is 5.41 Å². The lowest BCUT2D eigenvalue weighted by Gasteiger charge is -2.38. The molecule has 1 saturated heterocycles. The predicted molar refractivity (Wildman–Crippen MR) is 116 cm³/mol. The number of anilines is 1. The highest BCUT2D eigenvalue weighted by molar-refractivity contribution is 5.94. The zero-order chi connectivity index (χ0) is 22.0. The predicted octanol–water partition coefficient (Wildman–Crippen LogP) is 0.761.